The minimum absolute atomic E-state index is 0. The summed E-state index contributed by atoms with van der Waals surface area (Å²) in [6.07, 6.45) is 7.33. The molecule has 1 N–H and O–H groups in total. The van der Waals surface area contributed by atoms with Gasteiger partial charge in [0.2, 0.25) is 5.91 Å². The van der Waals surface area contributed by atoms with Crippen LogP contribution in [0, 0.1) is 0 Å². The van der Waals surface area contributed by atoms with Crippen LogP contribution in [0.1, 0.15) is 45.3 Å². The molecule has 2 rings (SSSR count). The predicted octanol–water partition coefficient (Wildman–Crippen LogP) is 3.13. The molecule has 0 unspecified atom stereocenters. The lowest BCUT2D eigenvalue weighted by molar-refractivity contribution is -0.131. The van der Waals surface area contributed by atoms with Crippen LogP contribution in [0.15, 0.2) is 27.8 Å². The molecule has 1 saturated carbocycles. The second-order valence-corrected chi connectivity index (χ2v) is 6.58. The van der Waals surface area contributed by atoms with Crippen LogP contribution in [0.4, 0.5) is 0 Å². The van der Waals surface area contributed by atoms with Crippen LogP contribution >= 0.6 is 24.0 Å². The van der Waals surface area contributed by atoms with Crippen LogP contribution in [0.2, 0.25) is 0 Å². The Kier molecular flexibility index (Phi) is 10.7. The van der Waals surface area contributed by atoms with Crippen LogP contribution in [0.3, 0.4) is 0 Å². The molecular formula is C19H33IN4O2. The van der Waals surface area contributed by atoms with Gasteiger partial charge in [-0.2, -0.15) is 0 Å². The Morgan fingerprint density at radius 3 is 2.58 bits per heavy atom. The molecular weight excluding hydrogens is 443 g/mol. The van der Waals surface area contributed by atoms with Gasteiger partial charge in [0.1, 0.15) is 5.76 Å². The first-order valence-electron chi connectivity index (χ1n) is 9.46. The molecule has 0 saturated heterocycles. The zero-order valence-electron chi connectivity index (χ0n) is 16.2. The van der Waals surface area contributed by atoms with Crippen molar-refractivity contribution in [1.29, 1.82) is 0 Å². The van der Waals surface area contributed by atoms with Crippen molar-refractivity contribution >= 4 is 35.8 Å². The smallest absolute Gasteiger partial charge is 0.242 e. The molecule has 0 atom stereocenters. The second kappa shape index (κ2) is 12.2. The third-order valence-corrected chi connectivity index (χ3v) is 4.74. The molecule has 1 aromatic rings. The van der Waals surface area contributed by atoms with E-state index in [0.29, 0.717) is 19.1 Å². The third kappa shape index (κ3) is 7.17. The Bertz CT molecular complexity index is 538. The summed E-state index contributed by atoms with van der Waals surface area (Å²) < 4.78 is 5.37. The number of carbonyl (C=O) groups excluding carboxylic acids is 1. The lowest BCUT2D eigenvalue weighted by Crippen LogP contribution is -2.48. The number of amides is 1. The standard InChI is InChI=1S/C19H32N4O2.HI/c1-4-23(5-2)18(24)15-22(3)19(21-16-9-6-7-10-16)20-13-12-17-11-8-14-25-17;/h8,11,14,16H,4-7,9-10,12-13,15H2,1-3H3,(H,20,21);1H. The number of rotatable bonds is 8. The molecule has 148 valence electrons. The minimum Gasteiger partial charge on any atom is -0.469 e. The first kappa shape index (κ1) is 22.8. The van der Waals surface area contributed by atoms with Crippen molar-refractivity contribution in [3.05, 3.63) is 24.2 Å². The first-order valence-corrected chi connectivity index (χ1v) is 9.46. The molecule has 1 fully saturated rings. The zero-order chi connectivity index (χ0) is 18.1. The summed E-state index contributed by atoms with van der Waals surface area (Å²) in [6.45, 7) is 6.49. The van der Waals surface area contributed by atoms with Crippen LogP contribution < -0.4 is 5.32 Å². The fraction of sp³-hybridized carbons (Fsp3) is 0.684. The van der Waals surface area contributed by atoms with E-state index < -0.39 is 0 Å². The fourth-order valence-corrected chi connectivity index (χ4v) is 3.21. The van der Waals surface area contributed by atoms with Crippen LogP contribution in [-0.2, 0) is 11.2 Å². The van der Waals surface area contributed by atoms with Gasteiger partial charge in [-0.1, -0.05) is 12.8 Å². The normalized spacial score (nSPS) is 14.8. The Balaban J connectivity index is 0.00000338. The van der Waals surface area contributed by atoms with Crippen LogP contribution in [0.5, 0.6) is 0 Å². The maximum absolute atomic E-state index is 12.4. The summed E-state index contributed by atoms with van der Waals surface area (Å²) in [4.78, 5) is 20.9. The summed E-state index contributed by atoms with van der Waals surface area (Å²) >= 11 is 0. The quantitative estimate of drug-likeness (QED) is 0.356. The lowest BCUT2D eigenvalue weighted by atomic mass is 10.2. The molecule has 26 heavy (non-hydrogen) atoms. The van der Waals surface area contributed by atoms with E-state index in [1.54, 1.807) is 6.26 Å². The van der Waals surface area contributed by atoms with Crippen molar-refractivity contribution in [1.82, 2.24) is 15.1 Å². The average Bonchev–Trinajstić information content (AvgIpc) is 3.28. The molecule has 1 aliphatic carbocycles. The van der Waals surface area contributed by atoms with Gasteiger partial charge in [0.05, 0.1) is 12.8 Å². The summed E-state index contributed by atoms with van der Waals surface area (Å²) in [5.41, 5.74) is 0. The molecule has 1 aromatic heterocycles. The maximum Gasteiger partial charge on any atom is 0.242 e. The number of nitrogens with one attached hydrogen (secondary N) is 1. The summed E-state index contributed by atoms with van der Waals surface area (Å²) in [7, 11) is 1.94. The topological polar surface area (TPSA) is 61.1 Å². The van der Waals surface area contributed by atoms with Gasteiger partial charge in [0, 0.05) is 39.1 Å². The number of carbonyl (C=O) groups is 1. The van der Waals surface area contributed by atoms with Crippen LogP contribution in [0.25, 0.3) is 0 Å². The van der Waals surface area contributed by atoms with E-state index in [2.05, 4.69) is 5.32 Å². The highest BCUT2D eigenvalue weighted by atomic mass is 127. The number of guanidine groups is 1. The van der Waals surface area contributed by atoms with E-state index >= 15 is 0 Å². The van der Waals surface area contributed by atoms with Gasteiger partial charge < -0.3 is 19.5 Å². The van der Waals surface area contributed by atoms with Gasteiger partial charge in [-0.05, 0) is 38.8 Å². The number of aliphatic imine (C=N–C) groups is 1. The maximum atomic E-state index is 12.4. The van der Waals surface area contributed by atoms with E-state index in [9.17, 15) is 4.79 Å². The van der Waals surface area contributed by atoms with Gasteiger partial charge in [-0.3, -0.25) is 9.79 Å². The van der Waals surface area contributed by atoms with E-state index in [0.717, 1.165) is 31.2 Å². The second-order valence-electron chi connectivity index (χ2n) is 6.58. The van der Waals surface area contributed by atoms with Gasteiger partial charge in [0.15, 0.2) is 5.96 Å². The highest BCUT2D eigenvalue weighted by Gasteiger charge is 2.20. The van der Waals surface area contributed by atoms with Gasteiger partial charge in [0.25, 0.3) is 0 Å². The van der Waals surface area contributed by atoms with Crippen molar-refractivity contribution in [2.75, 3.05) is 33.2 Å². The van der Waals surface area contributed by atoms with Gasteiger partial charge in [-0.15, -0.1) is 24.0 Å². The average molecular weight is 476 g/mol. The number of hydrogen-bond donors (Lipinski definition) is 1. The summed E-state index contributed by atoms with van der Waals surface area (Å²) in [5, 5.41) is 3.55. The number of halogens is 1. The molecule has 0 spiro atoms. The van der Waals surface area contributed by atoms with Crippen LogP contribution in [-0.4, -0.2) is 60.9 Å². The summed E-state index contributed by atoms with van der Waals surface area (Å²) in [5.74, 6) is 1.89. The molecule has 1 heterocycles. The Hall–Kier alpha value is -1.25. The Labute approximate surface area is 174 Å². The van der Waals surface area contributed by atoms with Crippen molar-refractivity contribution in [2.45, 2.75) is 52.0 Å². The van der Waals surface area contributed by atoms with Gasteiger partial charge >= 0.3 is 0 Å². The Morgan fingerprint density at radius 1 is 1.31 bits per heavy atom. The molecule has 7 heteroatoms. The molecule has 0 radical (unpaired) electrons. The Morgan fingerprint density at radius 2 is 2.00 bits per heavy atom. The molecule has 1 aliphatic rings. The van der Waals surface area contributed by atoms with E-state index in [1.807, 2.05) is 42.8 Å². The van der Waals surface area contributed by atoms with E-state index in [1.165, 1.54) is 25.7 Å². The fourth-order valence-electron chi connectivity index (χ4n) is 3.21. The highest BCUT2D eigenvalue weighted by molar-refractivity contribution is 14.0. The largest absolute Gasteiger partial charge is 0.469 e. The number of furan rings is 1. The number of nitrogens with zero attached hydrogens (tertiary/aromatic N) is 3. The molecule has 1 amide bonds. The third-order valence-electron chi connectivity index (χ3n) is 4.74. The predicted molar refractivity (Wildman–Crippen MR) is 116 cm³/mol. The molecule has 6 nitrogen and oxygen atoms in total. The van der Waals surface area contributed by atoms with Gasteiger partial charge in [-0.25, -0.2) is 0 Å². The monoisotopic (exact) mass is 476 g/mol. The molecule has 0 bridgehead atoms. The number of likely N-dealkylation sites (N-methyl/N-ethyl adjacent to an activating group) is 2. The number of hydrogen-bond acceptors (Lipinski definition) is 3. The first-order chi connectivity index (χ1) is 12.1. The zero-order valence-corrected chi connectivity index (χ0v) is 18.6. The van der Waals surface area contributed by atoms with Crippen molar-refractivity contribution in [3.8, 4) is 0 Å². The molecule has 0 aliphatic heterocycles. The van der Waals surface area contributed by atoms with Crippen molar-refractivity contribution < 1.29 is 9.21 Å². The highest BCUT2D eigenvalue weighted by Crippen LogP contribution is 2.17. The molecule has 0 aromatic carbocycles. The van der Waals surface area contributed by atoms with Crippen molar-refractivity contribution in [3.63, 3.8) is 0 Å². The SMILES string of the molecule is CCN(CC)C(=O)CN(C)C(=NCCc1ccco1)NC1CCCC1.I. The van der Waals surface area contributed by atoms with E-state index in [-0.39, 0.29) is 29.9 Å². The van der Waals surface area contributed by atoms with Crippen molar-refractivity contribution in [2.24, 2.45) is 4.99 Å². The summed E-state index contributed by atoms with van der Waals surface area (Å²) in [6, 6.07) is 4.33. The van der Waals surface area contributed by atoms with E-state index in [4.69, 9.17) is 9.41 Å². The lowest BCUT2D eigenvalue weighted by Gasteiger charge is -2.27. The minimum atomic E-state index is 0.